The first-order valence-electron chi connectivity index (χ1n) is 9.13. The molecular weight excluding hydrogens is 354 g/mol. The van der Waals surface area contributed by atoms with Gasteiger partial charge in [-0.05, 0) is 40.3 Å². The van der Waals surface area contributed by atoms with Gasteiger partial charge in [-0.25, -0.2) is 9.79 Å². The zero-order valence-corrected chi connectivity index (χ0v) is 16.9. The van der Waals surface area contributed by atoms with Crippen molar-refractivity contribution in [2.75, 3.05) is 14.2 Å². The first-order valence-corrected chi connectivity index (χ1v) is 9.13. The highest BCUT2D eigenvalue weighted by atomic mass is 16.6. The van der Waals surface area contributed by atoms with Crippen molar-refractivity contribution in [1.82, 2.24) is 0 Å². The summed E-state index contributed by atoms with van der Waals surface area (Å²) in [5.41, 5.74) is 3.46. The summed E-state index contributed by atoms with van der Waals surface area (Å²) < 4.78 is 15.9. The molecule has 5 nitrogen and oxygen atoms in total. The number of carbonyl (C=O) groups is 1. The zero-order valence-electron chi connectivity index (χ0n) is 16.9. The fourth-order valence-corrected chi connectivity index (χ4v) is 2.93. The molecule has 0 aliphatic carbocycles. The summed E-state index contributed by atoms with van der Waals surface area (Å²) in [5, 5.41) is 0. The van der Waals surface area contributed by atoms with Gasteiger partial charge in [0.15, 0.2) is 17.2 Å². The van der Waals surface area contributed by atoms with E-state index in [1.165, 1.54) is 5.56 Å². The molecule has 0 saturated heterocycles. The minimum atomic E-state index is -0.435. The predicted molar refractivity (Wildman–Crippen MR) is 110 cm³/mol. The minimum absolute atomic E-state index is 0.0860. The lowest BCUT2D eigenvalue weighted by atomic mass is 9.87. The summed E-state index contributed by atoms with van der Waals surface area (Å²) in [7, 11) is 3.17. The first kappa shape index (κ1) is 19.7. The maximum Gasteiger partial charge on any atom is 0.363 e. The average molecular weight is 379 g/mol. The Morgan fingerprint density at radius 3 is 2.29 bits per heavy atom. The lowest BCUT2D eigenvalue weighted by Crippen LogP contribution is -2.10. The van der Waals surface area contributed by atoms with Crippen LogP contribution < -0.4 is 9.47 Å². The molecule has 1 heterocycles. The van der Waals surface area contributed by atoms with E-state index in [2.05, 4.69) is 37.9 Å². The van der Waals surface area contributed by atoms with Crippen LogP contribution in [0.15, 0.2) is 53.2 Å². The number of nitrogens with zero attached hydrogens (tertiary/aromatic N) is 1. The predicted octanol–water partition coefficient (Wildman–Crippen LogP) is 4.54. The molecule has 0 saturated carbocycles. The van der Waals surface area contributed by atoms with Gasteiger partial charge >= 0.3 is 5.97 Å². The molecule has 3 rings (SSSR count). The van der Waals surface area contributed by atoms with Gasteiger partial charge < -0.3 is 14.2 Å². The lowest BCUT2D eigenvalue weighted by molar-refractivity contribution is -0.130. The van der Waals surface area contributed by atoms with Crippen LogP contribution in [0.5, 0.6) is 11.5 Å². The van der Waals surface area contributed by atoms with Gasteiger partial charge in [-0.3, -0.25) is 0 Å². The summed E-state index contributed by atoms with van der Waals surface area (Å²) in [6.07, 6.45) is 2.14. The Hall–Kier alpha value is -3.08. The summed E-state index contributed by atoms with van der Waals surface area (Å²) in [5.74, 6) is 1.21. The smallest absolute Gasteiger partial charge is 0.363 e. The second-order valence-electron chi connectivity index (χ2n) is 7.66. The monoisotopic (exact) mass is 379 g/mol. The lowest BCUT2D eigenvalue weighted by Gasteiger charge is -2.18. The molecule has 0 N–H and O–H groups in total. The molecule has 0 radical (unpaired) electrons. The Bertz CT molecular complexity index is 934. The first-order chi connectivity index (χ1) is 13.3. The van der Waals surface area contributed by atoms with Crippen LogP contribution in [-0.2, 0) is 21.4 Å². The molecular formula is C23H25NO4. The van der Waals surface area contributed by atoms with Crippen LogP contribution in [-0.4, -0.2) is 26.1 Å². The van der Waals surface area contributed by atoms with Gasteiger partial charge in [0.05, 0.1) is 14.2 Å². The number of cyclic esters (lactones) is 1. The topological polar surface area (TPSA) is 57.1 Å². The van der Waals surface area contributed by atoms with E-state index >= 15 is 0 Å². The molecule has 146 valence electrons. The molecule has 1 aliphatic heterocycles. The molecule has 0 atom stereocenters. The normalized spacial score (nSPS) is 15.4. The van der Waals surface area contributed by atoms with E-state index in [-0.39, 0.29) is 5.41 Å². The van der Waals surface area contributed by atoms with Gasteiger partial charge in [-0.2, -0.15) is 0 Å². The van der Waals surface area contributed by atoms with Crippen LogP contribution >= 0.6 is 0 Å². The highest BCUT2D eigenvalue weighted by Gasteiger charge is 2.23. The van der Waals surface area contributed by atoms with Crippen molar-refractivity contribution in [3.63, 3.8) is 0 Å². The molecule has 5 heteroatoms. The molecule has 2 aromatic carbocycles. The van der Waals surface area contributed by atoms with Gasteiger partial charge in [0.1, 0.15) is 0 Å². The van der Waals surface area contributed by atoms with Crippen LogP contribution in [0.25, 0.3) is 6.08 Å². The number of hydrogen-bond acceptors (Lipinski definition) is 5. The molecule has 0 bridgehead atoms. The van der Waals surface area contributed by atoms with Crippen LogP contribution in [0.1, 0.15) is 37.5 Å². The van der Waals surface area contributed by atoms with E-state index < -0.39 is 5.97 Å². The molecule has 0 spiro atoms. The number of carbonyl (C=O) groups excluding carboxylic acids is 1. The summed E-state index contributed by atoms with van der Waals surface area (Å²) in [6.45, 7) is 6.50. The van der Waals surface area contributed by atoms with E-state index in [0.717, 1.165) is 11.1 Å². The SMILES string of the molecule is COc1ccc(CC2=N/C(=C/c3ccc(C(C)(C)C)cc3)C(=O)O2)cc1OC. The Labute approximate surface area is 165 Å². The largest absolute Gasteiger partial charge is 0.493 e. The quantitative estimate of drug-likeness (QED) is 0.565. The standard InChI is InChI=1S/C23H25NO4/c1-23(2,3)17-9-6-15(7-10-17)12-18-22(25)28-21(24-18)14-16-8-11-19(26-4)20(13-16)27-5/h6-13H,14H2,1-5H3/b18-12+. The van der Waals surface area contributed by atoms with Crippen molar-refractivity contribution in [1.29, 1.82) is 0 Å². The van der Waals surface area contributed by atoms with Gasteiger partial charge in [0.2, 0.25) is 5.90 Å². The van der Waals surface area contributed by atoms with Crippen molar-refractivity contribution in [2.45, 2.75) is 32.6 Å². The van der Waals surface area contributed by atoms with E-state index in [4.69, 9.17) is 14.2 Å². The molecule has 0 aromatic heterocycles. The fourth-order valence-electron chi connectivity index (χ4n) is 2.93. The van der Waals surface area contributed by atoms with Gasteiger partial charge in [-0.1, -0.05) is 51.1 Å². The summed E-state index contributed by atoms with van der Waals surface area (Å²) in [4.78, 5) is 16.5. The summed E-state index contributed by atoms with van der Waals surface area (Å²) >= 11 is 0. The second-order valence-corrected chi connectivity index (χ2v) is 7.66. The Balaban J connectivity index is 1.78. The molecule has 0 fully saturated rings. The minimum Gasteiger partial charge on any atom is -0.493 e. The van der Waals surface area contributed by atoms with Crippen molar-refractivity contribution >= 4 is 17.9 Å². The maximum atomic E-state index is 12.2. The van der Waals surface area contributed by atoms with Gasteiger partial charge in [-0.15, -0.1) is 0 Å². The highest BCUT2D eigenvalue weighted by Crippen LogP contribution is 2.28. The number of benzene rings is 2. The number of rotatable bonds is 5. The van der Waals surface area contributed by atoms with Crippen molar-refractivity contribution in [3.05, 3.63) is 64.9 Å². The number of esters is 1. The number of aliphatic imine (C=N–C) groups is 1. The van der Waals surface area contributed by atoms with E-state index in [0.29, 0.717) is 29.5 Å². The van der Waals surface area contributed by atoms with Crippen molar-refractivity contribution < 1.29 is 19.0 Å². The zero-order chi connectivity index (χ0) is 20.3. The van der Waals surface area contributed by atoms with Crippen molar-refractivity contribution in [2.24, 2.45) is 4.99 Å². The molecule has 0 amide bonds. The fraction of sp³-hybridized carbons (Fsp3) is 0.304. The maximum absolute atomic E-state index is 12.2. The number of ether oxygens (including phenoxy) is 3. The van der Waals surface area contributed by atoms with Gasteiger partial charge in [0.25, 0.3) is 0 Å². The second kappa shape index (κ2) is 7.89. The van der Waals surface area contributed by atoms with Crippen LogP contribution in [0.4, 0.5) is 0 Å². The Morgan fingerprint density at radius 2 is 1.68 bits per heavy atom. The number of methoxy groups -OCH3 is 2. The van der Waals surface area contributed by atoms with E-state index in [1.807, 2.05) is 30.3 Å². The molecule has 2 aromatic rings. The van der Waals surface area contributed by atoms with Crippen LogP contribution in [0.2, 0.25) is 0 Å². The molecule has 28 heavy (non-hydrogen) atoms. The number of hydrogen-bond donors (Lipinski definition) is 0. The highest BCUT2D eigenvalue weighted by molar-refractivity contribution is 6.07. The molecule has 1 aliphatic rings. The molecule has 0 unspecified atom stereocenters. The third-order valence-electron chi connectivity index (χ3n) is 4.55. The van der Waals surface area contributed by atoms with Gasteiger partial charge in [0, 0.05) is 6.42 Å². The van der Waals surface area contributed by atoms with E-state index in [1.54, 1.807) is 20.3 Å². The Kier molecular flexibility index (Phi) is 5.54. The third-order valence-corrected chi connectivity index (χ3v) is 4.55. The van der Waals surface area contributed by atoms with Crippen LogP contribution in [0.3, 0.4) is 0 Å². The van der Waals surface area contributed by atoms with Crippen molar-refractivity contribution in [3.8, 4) is 11.5 Å². The summed E-state index contributed by atoms with van der Waals surface area (Å²) in [6, 6.07) is 13.7. The average Bonchev–Trinajstić information content (AvgIpc) is 3.00. The van der Waals surface area contributed by atoms with Crippen LogP contribution in [0, 0.1) is 0 Å². The van der Waals surface area contributed by atoms with E-state index in [9.17, 15) is 4.79 Å². The Morgan fingerprint density at radius 1 is 1.00 bits per heavy atom. The third kappa shape index (κ3) is 4.42.